The summed E-state index contributed by atoms with van der Waals surface area (Å²) in [6, 6.07) is 19.6. The molecule has 0 saturated carbocycles. The minimum Gasteiger partial charge on any atom is -0.497 e. The molecule has 0 aliphatic rings. The molecule has 0 saturated heterocycles. The summed E-state index contributed by atoms with van der Waals surface area (Å²) in [6.45, 7) is 0. The number of methoxy groups -OCH3 is 3. The zero-order valence-corrected chi connectivity index (χ0v) is 19.0. The molecule has 1 amide bonds. The van der Waals surface area contributed by atoms with E-state index in [1.54, 1.807) is 55.3 Å². The minimum absolute atomic E-state index is 0.0151. The summed E-state index contributed by atoms with van der Waals surface area (Å²) >= 11 is 6.19. The van der Waals surface area contributed by atoms with Crippen LogP contribution in [0.2, 0.25) is 5.02 Å². The largest absolute Gasteiger partial charge is 0.497 e. The first-order valence-electron chi connectivity index (χ1n) is 9.93. The minimum atomic E-state index is -0.492. The molecule has 0 fully saturated rings. The lowest BCUT2D eigenvalue weighted by molar-refractivity contribution is 0.101. The van der Waals surface area contributed by atoms with Crippen LogP contribution in [0.5, 0.6) is 17.2 Å². The number of rotatable bonds is 7. The zero-order valence-electron chi connectivity index (χ0n) is 18.2. The number of halogens is 1. The second kappa shape index (κ2) is 9.62. The molecule has 0 spiro atoms. The van der Waals surface area contributed by atoms with Crippen LogP contribution in [0.1, 0.15) is 10.6 Å². The Labute approximate surface area is 195 Å². The lowest BCUT2D eigenvalue weighted by atomic mass is 10.2. The Kier molecular flexibility index (Phi) is 6.46. The number of carbonyl (C=O) groups excluding carboxylic acids is 1. The van der Waals surface area contributed by atoms with Crippen LogP contribution in [0.3, 0.4) is 0 Å². The number of ether oxygens (including phenoxy) is 3. The molecule has 8 nitrogen and oxygen atoms in total. The molecule has 1 aromatic heterocycles. The first kappa shape index (κ1) is 22.2. The fourth-order valence-corrected chi connectivity index (χ4v) is 3.39. The maximum absolute atomic E-state index is 13.0. The lowest BCUT2D eigenvalue weighted by Crippen LogP contribution is -2.15. The van der Waals surface area contributed by atoms with Gasteiger partial charge in [0.05, 0.1) is 32.7 Å². The van der Waals surface area contributed by atoms with Gasteiger partial charge in [0, 0.05) is 16.7 Å². The van der Waals surface area contributed by atoms with Crippen molar-refractivity contribution in [2.75, 3.05) is 26.6 Å². The molecule has 0 aliphatic carbocycles. The van der Waals surface area contributed by atoms with Crippen LogP contribution in [0.15, 0.2) is 66.7 Å². The molecular formula is C24H21ClN4O4. The molecular weight excluding hydrogens is 444 g/mol. The molecule has 3 aromatic carbocycles. The van der Waals surface area contributed by atoms with Crippen LogP contribution < -0.4 is 19.5 Å². The fraction of sp³-hybridized carbons (Fsp3) is 0.125. The average Bonchev–Trinajstić information content (AvgIpc) is 3.30. The highest BCUT2D eigenvalue weighted by Gasteiger charge is 2.20. The number of nitrogens with zero attached hydrogens (tertiary/aromatic N) is 3. The monoisotopic (exact) mass is 464 g/mol. The molecule has 33 heavy (non-hydrogen) atoms. The van der Waals surface area contributed by atoms with Crippen molar-refractivity contribution in [3.63, 3.8) is 0 Å². The van der Waals surface area contributed by atoms with Gasteiger partial charge in [-0.25, -0.2) is 9.67 Å². The van der Waals surface area contributed by atoms with Crippen molar-refractivity contribution in [2.45, 2.75) is 0 Å². The third kappa shape index (κ3) is 4.75. The summed E-state index contributed by atoms with van der Waals surface area (Å²) in [5.74, 6) is 1.74. The summed E-state index contributed by atoms with van der Waals surface area (Å²) in [7, 11) is 4.66. The van der Waals surface area contributed by atoms with Gasteiger partial charge in [-0.05, 0) is 54.6 Å². The number of amides is 1. The van der Waals surface area contributed by atoms with E-state index in [9.17, 15) is 4.79 Å². The molecule has 9 heteroatoms. The van der Waals surface area contributed by atoms with Gasteiger partial charge in [-0.3, -0.25) is 4.79 Å². The van der Waals surface area contributed by atoms with Gasteiger partial charge in [-0.1, -0.05) is 17.7 Å². The van der Waals surface area contributed by atoms with Gasteiger partial charge < -0.3 is 19.5 Å². The normalized spacial score (nSPS) is 10.5. The first-order chi connectivity index (χ1) is 16.0. The number of aromatic nitrogens is 3. The van der Waals surface area contributed by atoms with E-state index in [2.05, 4.69) is 15.4 Å². The SMILES string of the molecule is COc1ccc(-c2nc(C(=O)Nc3ccc(OC)cc3OC)nn2-c2cccc(Cl)c2)cc1. The van der Waals surface area contributed by atoms with Crippen LogP contribution in [-0.2, 0) is 0 Å². The molecule has 0 bridgehead atoms. The lowest BCUT2D eigenvalue weighted by Gasteiger charge is -2.10. The number of carbonyl (C=O) groups is 1. The standard InChI is InChI=1S/C24H21ClN4O4/c1-31-18-9-7-15(8-10-18)23-27-22(28-29(23)17-6-4-5-16(25)13-17)24(30)26-20-12-11-19(32-2)14-21(20)33-3/h4-14H,1-3H3,(H,26,30). The van der Waals surface area contributed by atoms with Crippen LogP contribution in [0.25, 0.3) is 17.1 Å². The number of benzene rings is 3. The first-order valence-corrected chi connectivity index (χ1v) is 10.3. The summed E-state index contributed by atoms with van der Waals surface area (Å²) in [4.78, 5) is 17.6. The van der Waals surface area contributed by atoms with Gasteiger partial charge in [-0.15, -0.1) is 5.10 Å². The molecule has 0 radical (unpaired) electrons. The quantitative estimate of drug-likeness (QED) is 0.420. The van der Waals surface area contributed by atoms with E-state index < -0.39 is 5.91 Å². The Morgan fingerprint density at radius 1 is 0.909 bits per heavy atom. The van der Waals surface area contributed by atoms with Gasteiger partial charge in [-0.2, -0.15) is 0 Å². The van der Waals surface area contributed by atoms with E-state index in [1.807, 2.05) is 30.3 Å². The third-order valence-corrected chi connectivity index (χ3v) is 5.10. The summed E-state index contributed by atoms with van der Waals surface area (Å²) < 4.78 is 17.4. The number of anilines is 1. The highest BCUT2D eigenvalue weighted by molar-refractivity contribution is 6.30. The van der Waals surface area contributed by atoms with E-state index >= 15 is 0 Å². The van der Waals surface area contributed by atoms with E-state index in [0.717, 1.165) is 5.56 Å². The van der Waals surface area contributed by atoms with Crippen molar-refractivity contribution in [1.29, 1.82) is 0 Å². The smallest absolute Gasteiger partial charge is 0.295 e. The molecule has 0 unspecified atom stereocenters. The topological polar surface area (TPSA) is 87.5 Å². The predicted molar refractivity (Wildman–Crippen MR) is 126 cm³/mol. The van der Waals surface area contributed by atoms with E-state index in [0.29, 0.717) is 39.5 Å². The number of hydrogen-bond donors (Lipinski definition) is 1. The van der Waals surface area contributed by atoms with E-state index in [-0.39, 0.29) is 5.82 Å². The van der Waals surface area contributed by atoms with Crippen molar-refractivity contribution in [2.24, 2.45) is 0 Å². The van der Waals surface area contributed by atoms with E-state index in [1.165, 1.54) is 7.11 Å². The van der Waals surface area contributed by atoms with Gasteiger partial charge >= 0.3 is 0 Å². The van der Waals surface area contributed by atoms with Crippen molar-refractivity contribution in [3.05, 3.63) is 77.6 Å². The maximum atomic E-state index is 13.0. The van der Waals surface area contributed by atoms with Gasteiger partial charge in [0.1, 0.15) is 17.2 Å². The Morgan fingerprint density at radius 2 is 1.64 bits per heavy atom. The highest BCUT2D eigenvalue weighted by atomic mass is 35.5. The van der Waals surface area contributed by atoms with E-state index in [4.69, 9.17) is 25.8 Å². The maximum Gasteiger partial charge on any atom is 0.295 e. The Hall–Kier alpha value is -4.04. The summed E-state index contributed by atoms with van der Waals surface area (Å²) in [6.07, 6.45) is 0. The van der Waals surface area contributed by atoms with Crippen LogP contribution >= 0.6 is 11.6 Å². The molecule has 0 aliphatic heterocycles. The molecule has 168 valence electrons. The highest BCUT2D eigenvalue weighted by Crippen LogP contribution is 2.30. The molecule has 1 N–H and O–H groups in total. The second-order valence-corrected chi connectivity index (χ2v) is 7.34. The second-order valence-electron chi connectivity index (χ2n) is 6.90. The van der Waals surface area contributed by atoms with Crippen molar-refractivity contribution < 1.29 is 19.0 Å². The Morgan fingerprint density at radius 3 is 2.30 bits per heavy atom. The Bertz CT molecular complexity index is 1290. The van der Waals surface area contributed by atoms with Crippen molar-refractivity contribution >= 4 is 23.2 Å². The predicted octanol–water partition coefficient (Wildman–Crippen LogP) is 4.87. The summed E-state index contributed by atoms with van der Waals surface area (Å²) in [5, 5.41) is 7.80. The van der Waals surface area contributed by atoms with Crippen molar-refractivity contribution in [3.8, 4) is 34.3 Å². The third-order valence-electron chi connectivity index (χ3n) is 4.87. The van der Waals surface area contributed by atoms with Crippen LogP contribution in [0, 0.1) is 0 Å². The van der Waals surface area contributed by atoms with Crippen molar-refractivity contribution in [1.82, 2.24) is 14.8 Å². The number of hydrogen-bond acceptors (Lipinski definition) is 6. The fourth-order valence-electron chi connectivity index (χ4n) is 3.20. The van der Waals surface area contributed by atoms with Gasteiger partial charge in [0.15, 0.2) is 5.82 Å². The molecule has 4 aromatic rings. The van der Waals surface area contributed by atoms with Crippen LogP contribution in [0.4, 0.5) is 5.69 Å². The molecule has 1 heterocycles. The Balaban J connectivity index is 1.74. The average molecular weight is 465 g/mol. The number of nitrogens with one attached hydrogen (secondary N) is 1. The summed E-state index contributed by atoms with van der Waals surface area (Å²) in [5.41, 5.74) is 1.89. The molecule has 4 rings (SSSR count). The zero-order chi connectivity index (χ0) is 23.4. The van der Waals surface area contributed by atoms with Crippen LogP contribution in [-0.4, -0.2) is 42.0 Å². The van der Waals surface area contributed by atoms with Gasteiger partial charge in [0.2, 0.25) is 5.82 Å². The van der Waals surface area contributed by atoms with Gasteiger partial charge in [0.25, 0.3) is 5.91 Å². The molecule has 0 atom stereocenters.